The zero-order valence-electron chi connectivity index (χ0n) is 20.8. The second kappa shape index (κ2) is 11.6. The third-order valence-corrected chi connectivity index (χ3v) is 6.08. The van der Waals surface area contributed by atoms with Crippen LogP contribution in [0, 0.1) is 0 Å². The molecule has 3 heteroatoms. The van der Waals surface area contributed by atoms with Gasteiger partial charge in [-0.15, -0.1) is 0 Å². The van der Waals surface area contributed by atoms with E-state index in [1.54, 1.807) is 0 Å². The number of allylic oxidation sites excluding steroid dienone is 2. The summed E-state index contributed by atoms with van der Waals surface area (Å²) < 4.78 is 0. The van der Waals surface area contributed by atoms with Crippen molar-refractivity contribution in [2.24, 2.45) is 4.99 Å². The fourth-order valence-corrected chi connectivity index (χ4v) is 4.48. The maximum Gasteiger partial charge on any atom is 0.0707 e. The molecule has 0 unspecified atom stereocenters. The van der Waals surface area contributed by atoms with Crippen LogP contribution >= 0.6 is 11.8 Å². The van der Waals surface area contributed by atoms with E-state index >= 15 is 0 Å². The molecule has 0 heterocycles. The lowest BCUT2D eigenvalue weighted by Gasteiger charge is -2.21. The Balaban J connectivity index is 2.44. The number of hydrogen-bond acceptors (Lipinski definition) is 3. The van der Waals surface area contributed by atoms with Gasteiger partial charge < -0.3 is 5.32 Å². The Labute approximate surface area is 194 Å². The fraction of sp³-hybridized carbons (Fsp3) is 0.464. The minimum atomic E-state index is 0.447. The molecular formula is C28H40N2S. The highest BCUT2D eigenvalue weighted by Crippen LogP contribution is 2.34. The van der Waals surface area contributed by atoms with Crippen molar-refractivity contribution in [3.63, 3.8) is 0 Å². The highest BCUT2D eigenvalue weighted by Gasteiger charge is 2.14. The molecule has 1 N–H and O–H groups in total. The molecule has 0 aromatic heterocycles. The second-order valence-electron chi connectivity index (χ2n) is 9.27. The lowest BCUT2D eigenvalue weighted by molar-refractivity contribution is 0.837. The SMILES string of the molecule is CSCc1cccc(C(C)C)c1N=C(C)/C=C(/C)Nc1c(C(C)C)cccc1C(C)C. The number of thioether (sulfide) groups is 1. The molecule has 31 heavy (non-hydrogen) atoms. The average molecular weight is 437 g/mol. The Bertz CT molecular complexity index is 910. The maximum absolute atomic E-state index is 5.08. The van der Waals surface area contributed by atoms with E-state index in [2.05, 4.69) is 109 Å². The molecule has 168 valence electrons. The molecule has 2 nitrogen and oxygen atoms in total. The van der Waals surface area contributed by atoms with Crippen LogP contribution in [0.15, 0.2) is 53.2 Å². The Morgan fingerprint density at radius 3 is 1.90 bits per heavy atom. The number of para-hydroxylation sites is 2. The Morgan fingerprint density at radius 2 is 1.39 bits per heavy atom. The van der Waals surface area contributed by atoms with Crippen LogP contribution in [0.2, 0.25) is 0 Å². The van der Waals surface area contributed by atoms with Crippen molar-refractivity contribution in [2.75, 3.05) is 11.6 Å². The van der Waals surface area contributed by atoms with E-state index in [9.17, 15) is 0 Å². The van der Waals surface area contributed by atoms with E-state index < -0.39 is 0 Å². The minimum absolute atomic E-state index is 0.447. The summed E-state index contributed by atoms with van der Waals surface area (Å²) in [6, 6.07) is 13.2. The van der Waals surface area contributed by atoms with Crippen molar-refractivity contribution >= 4 is 28.8 Å². The standard InChI is InChI=1S/C28H40N2S/c1-18(2)24-13-10-12-23(17-31-9)27(24)29-21(7)16-22(8)30-28-25(19(3)4)14-11-15-26(28)20(5)6/h10-16,18-20,30H,17H2,1-9H3/b22-16-,29-21?. The van der Waals surface area contributed by atoms with Gasteiger partial charge in [-0.2, -0.15) is 11.8 Å². The molecule has 0 radical (unpaired) electrons. The van der Waals surface area contributed by atoms with Crippen molar-refractivity contribution < 1.29 is 0 Å². The predicted molar refractivity (Wildman–Crippen MR) is 143 cm³/mol. The number of hydrogen-bond donors (Lipinski definition) is 1. The zero-order valence-corrected chi connectivity index (χ0v) is 21.7. The number of rotatable bonds is 9. The number of aliphatic imine (C=N–C) groups is 1. The van der Waals surface area contributed by atoms with Crippen LogP contribution in [0.3, 0.4) is 0 Å². The molecular weight excluding hydrogens is 396 g/mol. The van der Waals surface area contributed by atoms with Gasteiger partial charge >= 0.3 is 0 Å². The summed E-state index contributed by atoms with van der Waals surface area (Å²) in [6.45, 7) is 17.7. The van der Waals surface area contributed by atoms with E-state index in [1.165, 1.54) is 27.9 Å². The smallest absolute Gasteiger partial charge is 0.0707 e. The molecule has 0 saturated carbocycles. The first-order chi connectivity index (χ1) is 14.6. The number of nitrogens with zero attached hydrogens (tertiary/aromatic N) is 1. The summed E-state index contributed by atoms with van der Waals surface area (Å²) in [5.41, 5.74) is 9.88. The van der Waals surface area contributed by atoms with Gasteiger partial charge in [-0.25, -0.2) is 0 Å². The Kier molecular flexibility index (Phi) is 9.43. The molecule has 0 fully saturated rings. The third kappa shape index (κ3) is 6.74. The molecule has 2 aromatic carbocycles. The summed E-state index contributed by atoms with van der Waals surface area (Å²) in [7, 11) is 0. The third-order valence-electron chi connectivity index (χ3n) is 5.48. The van der Waals surface area contributed by atoms with E-state index in [0.29, 0.717) is 17.8 Å². The van der Waals surface area contributed by atoms with Crippen LogP contribution in [0.25, 0.3) is 0 Å². The van der Waals surface area contributed by atoms with Crippen molar-refractivity contribution in [1.29, 1.82) is 0 Å². The van der Waals surface area contributed by atoms with Gasteiger partial charge in [-0.05, 0) is 66.2 Å². The lowest BCUT2D eigenvalue weighted by atomic mass is 9.92. The van der Waals surface area contributed by atoms with Crippen molar-refractivity contribution in [3.8, 4) is 0 Å². The van der Waals surface area contributed by atoms with Gasteiger partial charge in [0.25, 0.3) is 0 Å². The van der Waals surface area contributed by atoms with Crippen LogP contribution < -0.4 is 5.32 Å². The first-order valence-electron chi connectivity index (χ1n) is 11.4. The fourth-order valence-electron chi connectivity index (χ4n) is 3.94. The Morgan fingerprint density at radius 1 is 0.871 bits per heavy atom. The Hall–Kier alpha value is -2.00. The van der Waals surface area contributed by atoms with E-state index in [0.717, 1.165) is 22.8 Å². The van der Waals surface area contributed by atoms with Gasteiger partial charge in [0.05, 0.1) is 5.69 Å². The predicted octanol–water partition coefficient (Wildman–Crippen LogP) is 9.03. The van der Waals surface area contributed by atoms with Crippen LogP contribution in [0.4, 0.5) is 11.4 Å². The highest BCUT2D eigenvalue weighted by atomic mass is 32.2. The summed E-state index contributed by atoms with van der Waals surface area (Å²) in [5.74, 6) is 2.36. The molecule has 0 atom stereocenters. The summed E-state index contributed by atoms with van der Waals surface area (Å²) in [4.78, 5) is 5.08. The van der Waals surface area contributed by atoms with Crippen LogP contribution in [0.5, 0.6) is 0 Å². The molecule has 2 rings (SSSR count). The van der Waals surface area contributed by atoms with Gasteiger partial charge in [0.1, 0.15) is 0 Å². The second-order valence-corrected chi connectivity index (χ2v) is 10.1. The molecule has 0 saturated heterocycles. The van der Waals surface area contributed by atoms with E-state index in [1.807, 2.05) is 11.8 Å². The molecule has 0 aliphatic rings. The number of anilines is 1. The summed E-state index contributed by atoms with van der Waals surface area (Å²) in [5, 5.41) is 3.71. The normalized spacial score (nSPS) is 12.9. The van der Waals surface area contributed by atoms with Crippen molar-refractivity contribution in [2.45, 2.75) is 78.9 Å². The molecule has 0 bridgehead atoms. The molecule has 2 aromatic rings. The number of nitrogens with one attached hydrogen (secondary N) is 1. The van der Waals surface area contributed by atoms with Crippen LogP contribution in [-0.4, -0.2) is 12.0 Å². The van der Waals surface area contributed by atoms with Gasteiger partial charge in [-0.3, -0.25) is 4.99 Å². The monoisotopic (exact) mass is 436 g/mol. The van der Waals surface area contributed by atoms with Crippen LogP contribution in [0.1, 0.15) is 95.4 Å². The molecule has 0 aliphatic heterocycles. The quantitative estimate of drug-likeness (QED) is 0.396. The largest absolute Gasteiger partial charge is 0.359 e. The average Bonchev–Trinajstić information content (AvgIpc) is 2.68. The van der Waals surface area contributed by atoms with E-state index in [-0.39, 0.29) is 0 Å². The van der Waals surface area contributed by atoms with E-state index in [4.69, 9.17) is 4.99 Å². The van der Waals surface area contributed by atoms with Gasteiger partial charge in [0.2, 0.25) is 0 Å². The number of benzene rings is 2. The van der Waals surface area contributed by atoms with Gasteiger partial charge in [0, 0.05) is 22.8 Å². The van der Waals surface area contributed by atoms with Crippen molar-refractivity contribution in [3.05, 3.63) is 70.4 Å². The molecule has 0 aliphatic carbocycles. The van der Waals surface area contributed by atoms with Crippen LogP contribution in [-0.2, 0) is 5.75 Å². The minimum Gasteiger partial charge on any atom is -0.359 e. The maximum atomic E-state index is 5.08. The first-order valence-corrected chi connectivity index (χ1v) is 12.8. The molecule has 0 amide bonds. The van der Waals surface area contributed by atoms with Crippen molar-refractivity contribution in [1.82, 2.24) is 0 Å². The molecule has 0 spiro atoms. The first kappa shape index (κ1) is 25.3. The summed E-state index contributed by atoms with van der Waals surface area (Å²) in [6.07, 6.45) is 4.32. The summed E-state index contributed by atoms with van der Waals surface area (Å²) >= 11 is 1.84. The zero-order chi connectivity index (χ0) is 23.1. The van der Waals surface area contributed by atoms with Gasteiger partial charge in [0.15, 0.2) is 0 Å². The van der Waals surface area contributed by atoms with Gasteiger partial charge in [-0.1, -0.05) is 77.9 Å². The lowest BCUT2D eigenvalue weighted by Crippen LogP contribution is -2.07. The highest BCUT2D eigenvalue weighted by molar-refractivity contribution is 7.97. The topological polar surface area (TPSA) is 24.4 Å².